The molecule has 0 radical (unpaired) electrons. The summed E-state index contributed by atoms with van der Waals surface area (Å²) in [4.78, 5) is 44.3. The van der Waals surface area contributed by atoms with Gasteiger partial charge in [0.1, 0.15) is 0 Å². The molecule has 0 spiro atoms. The predicted molar refractivity (Wildman–Crippen MR) is 182 cm³/mol. The Kier molecular flexibility index (Phi) is 11.9. The smallest absolute Gasteiger partial charge is 0.343 e. The number of ether oxygens (including phenoxy) is 6. The molecule has 13 heteroatoms. The van der Waals surface area contributed by atoms with E-state index in [2.05, 4.69) is 32.3 Å². The highest BCUT2D eigenvalue weighted by Gasteiger charge is 2.34. The summed E-state index contributed by atoms with van der Waals surface area (Å²) in [5.41, 5.74) is 1.65. The Hall–Kier alpha value is -3.85. The number of halogens is 1. The molecule has 46 heavy (non-hydrogen) atoms. The van der Waals surface area contributed by atoms with Crippen LogP contribution in [-0.2, 0) is 19.1 Å². The zero-order valence-corrected chi connectivity index (χ0v) is 29.8. The number of methoxy groups -OCH3 is 1. The van der Waals surface area contributed by atoms with Crippen molar-refractivity contribution in [1.29, 1.82) is 0 Å². The maximum atomic E-state index is 14.2. The molecule has 1 atom stereocenters. The first-order chi connectivity index (χ1) is 22.0. The fraction of sp³-hybridized carbons (Fsp3) is 0.394. The van der Waals surface area contributed by atoms with E-state index in [-0.39, 0.29) is 30.5 Å². The zero-order chi connectivity index (χ0) is 33.5. The molecule has 11 nitrogen and oxygen atoms in total. The summed E-state index contributed by atoms with van der Waals surface area (Å²) >= 11 is 3.42. The predicted octanol–water partition coefficient (Wildman–Crippen LogP) is 4.54. The highest BCUT2D eigenvalue weighted by atomic mass is 127. The summed E-state index contributed by atoms with van der Waals surface area (Å²) in [5.74, 6) is 0.751. The van der Waals surface area contributed by atoms with E-state index in [1.54, 1.807) is 38.1 Å². The number of carbonyl (C=O) groups excluding carboxylic acids is 2. The quantitative estimate of drug-likeness (QED) is 0.182. The van der Waals surface area contributed by atoms with Crippen molar-refractivity contribution < 1.29 is 38.0 Å². The number of carbonyl (C=O) groups is 2. The van der Waals surface area contributed by atoms with Crippen LogP contribution in [0.2, 0.25) is 0 Å². The average molecular weight is 765 g/mol. The van der Waals surface area contributed by atoms with Crippen molar-refractivity contribution in [3.05, 3.63) is 76.0 Å². The number of hydrogen-bond acceptors (Lipinski definition) is 11. The van der Waals surface area contributed by atoms with Gasteiger partial charge in [0.05, 0.1) is 58.4 Å². The first kappa shape index (κ1) is 35.0. The number of aromatic nitrogens is 1. The third-order valence-corrected chi connectivity index (χ3v) is 8.44. The molecule has 0 N–H and O–H groups in total. The van der Waals surface area contributed by atoms with Gasteiger partial charge in [-0.05, 0) is 106 Å². The second-order valence-corrected chi connectivity index (χ2v) is 12.4. The van der Waals surface area contributed by atoms with Gasteiger partial charge in [-0.15, -0.1) is 0 Å². The van der Waals surface area contributed by atoms with Crippen molar-refractivity contribution >= 4 is 51.9 Å². The van der Waals surface area contributed by atoms with Crippen LogP contribution in [-0.4, -0.2) is 56.1 Å². The van der Waals surface area contributed by atoms with Gasteiger partial charge in [0.15, 0.2) is 34.4 Å². The van der Waals surface area contributed by atoms with Crippen LogP contribution >= 0.6 is 33.9 Å². The van der Waals surface area contributed by atoms with Crippen molar-refractivity contribution in [2.24, 2.45) is 4.99 Å². The van der Waals surface area contributed by atoms with Crippen molar-refractivity contribution in [2.45, 2.75) is 53.7 Å². The summed E-state index contributed by atoms with van der Waals surface area (Å²) in [6.07, 6.45) is 1.74. The Balaban J connectivity index is 1.90. The van der Waals surface area contributed by atoms with Crippen molar-refractivity contribution in [2.75, 3.05) is 33.5 Å². The monoisotopic (exact) mass is 764 g/mol. The van der Waals surface area contributed by atoms with Gasteiger partial charge >= 0.3 is 11.9 Å². The molecule has 0 aliphatic carbocycles. The number of rotatable bonds is 13. The molecule has 0 fully saturated rings. The Labute approximate surface area is 284 Å². The molecule has 4 rings (SSSR count). The highest BCUT2D eigenvalue weighted by molar-refractivity contribution is 14.1. The molecule has 0 saturated carbocycles. The Morgan fingerprint density at radius 1 is 1.02 bits per heavy atom. The standard InChI is InChI=1S/C33H37IN2O9S/c1-8-41-24-16-21(11-12-23(24)44-17-27(37)40-7)29-28(32(39)43-10-3)19(6)35-33-36(29)31(38)26(46-33)15-20-13-22(34)30(45-18(4)5)25(14-20)42-9-2/h11-16,18,29H,8-10,17H2,1-7H3/b26-15+/t29-/m0/s1. The van der Waals surface area contributed by atoms with E-state index in [0.29, 0.717) is 56.8 Å². The third-order valence-electron chi connectivity index (χ3n) is 6.66. The number of esters is 2. The first-order valence-electron chi connectivity index (χ1n) is 14.8. The largest absolute Gasteiger partial charge is 0.490 e. The molecule has 246 valence electrons. The second-order valence-electron chi connectivity index (χ2n) is 10.2. The second kappa shape index (κ2) is 15.6. The normalized spacial score (nSPS) is 14.5. The van der Waals surface area contributed by atoms with Crippen molar-refractivity contribution in [1.82, 2.24) is 4.57 Å². The minimum atomic E-state index is -0.868. The SMILES string of the molecule is CCOC(=O)C1=C(C)N=c2s/c(=C/c3cc(I)c(OC(C)C)c(OCC)c3)c(=O)n2[C@H]1c1ccc(OCC(=O)OC)c(OCC)c1. The lowest BCUT2D eigenvalue weighted by Gasteiger charge is -2.25. The highest BCUT2D eigenvalue weighted by Crippen LogP contribution is 2.37. The fourth-order valence-electron chi connectivity index (χ4n) is 4.82. The van der Waals surface area contributed by atoms with E-state index in [0.717, 1.165) is 9.13 Å². The van der Waals surface area contributed by atoms with Crippen LogP contribution in [0.15, 0.2) is 51.4 Å². The zero-order valence-electron chi connectivity index (χ0n) is 26.8. The van der Waals surface area contributed by atoms with Gasteiger partial charge in [-0.2, -0.15) is 0 Å². The third kappa shape index (κ3) is 7.74. The van der Waals surface area contributed by atoms with Crippen LogP contribution in [0.4, 0.5) is 0 Å². The molecule has 0 amide bonds. The lowest BCUT2D eigenvalue weighted by atomic mass is 9.95. The van der Waals surface area contributed by atoms with Crippen LogP contribution in [0.5, 0.6) is 23.0 Å². The van der Waals surface area contributed by atoms with Gasteiger partial charge in [0.25, 0.3) is 5.56 Å². The summed E-state index contributed by atoms with van der Waals surface area (Å²) < 4.78 is 36.2. The molecule has 2 heterocycles. The first-order valence-corrected chi connectivity index (χ1v) is 16.7. The summed E-state index contributed by atoms with van der Waals surface area (Å²) in [6, 6.07) is 7.95. The molecule has 0 saturated heterocycles. The number of allylic oxidation sites excluding steroid dienone is 1. The number of hydrogen-bond donors (Lipinski definition) is 0. The molecule has 1 aromatic heterocycles. The molecular weight excluding hydrogens is 727 g/mol. The van der Waals surface area contributed by atoms with Crippen LogP contribution in [0.25, 0.3) is 6.08 Å². The molecule has 0 unspecified atom stereocenters. The minimum Gasteiger partial charge on any atom is -0.490 e. The van der Waals surface area contributed by atoms with Crippen LogP contribution in [0.1, 0.15) is 58.7 Å². The molecule has 1 aliphatic heterocycles. The maximum absolute atomic E-state index is 14.2. The van der Waals surface area contributed by atoms with Crippen LogP contribution in [0, 0.1) is 3.57 Å². The van der Waals surface area contributed by atoms with E-state index >= 15 is 0 Å². The molecule has 0 bridgehead atoms. The Morgan fingerprint density at radius 3 is 2.39 bits per heavy atom. The van der Waals surface area contributed by atoms with E-state index in [1.165, 1.54) is 23.0 Å². The average Bonchev–Trinajstić information content (AvgIpc) is 3.31. The molecule has 1 aliphatic rings. The summed E-state index contributed by atoms with van der Waals surface area (Å²) in [6.45, 7) is 11.6. The van der Waals surface area contributed by atoms with Crippen molar-refractivity contribution in [3.8, 4) is 23.0 Å². The number of fused-ring (bicyclic) bond motifs is 1. The van der Waals surface area contributed by atoms with E-state index in [1.807, 2.05) is 39.8 Å². The van der Waals surface area contributed by atoms with Gasteiger partial charge in [-0.3, -0.25) is 9.36 Å². The van der Waals surface area contributed by atoms with E-state index in [4.69, 9.17) is 23.7 Å². The Morgan fingerprint density at radius 2 is 1.74 bits per heavy atom. The number of nitrogens with zero attached hydrogens (tertiary/aromatic N) is 2. The minimum absolute atomic E-state index is 0.0455. The summed E-state index contributed by atoms with van der Waals surface area (Å²) in [5, 5.41) is 0. The fourth-order valence-corrected chi connectivity index (χ4v) is 6.62. The van der Waals surface area contributed by atoms with E-state index in [9.17, 15) is 14.4 Å². The van der Waals surface area contributed by atoms with Gasteiger partial charge in [0, 0.05) is 0 Å². The number of thiazole rings is 1. The summed E-state index contributed by atoms with van der Waals surface area (Å²) in [7, 11) is 1.27. The number of benzene rings is 2. The van der Waals surface area contributed by atoms with Gasteiger partial charge in [-0.25, -0.2) is 14.6 Å². The molecular formula is C33H37IN2O9S. The Bertz CT molecular complexity index is 1830. The lowest BCUT2D eigenvalue weighted by molar-refractivity contribution is -0.143. The van der Waals surface area contributed by atoms with Gasteiger partial charge in [0.2, 0.25) is 0 Å². The van der Waals surface area contributed by atoms with Crippen molar-refractivity contribution in [3.63, 3.8) is 0 Å². The van der Waals surface area contributed by atoms with Gasteiger partial charge in [-0.1, -0.05) is 17.4 Å². The van der Waals surface area contributed by atoms with Gasteiger partial charge < -0.3 is 28.4 Å². The topological polar surface area (TPSA) is 124 Å². The lowest BCUT2D eigenvalue weighted by Crippen LogP contribution is -2.40. The molecule has 2 aromatic carbocycles. The van der Waals surface area contributed by atoms with Crippen LogP contribution in [0.3, 0.4) is 0 Å². The molecule has 3 aromatic rings. The maximum Gasteiger partial charge on any atom is 0.343 e. The van der Waals surface area contributed by atoms with Crippen LogP contribution < -0.4 is 33.8 Å². The van der Waals surface area contributed by atoms with E-state index < -0.39 is 18.0 Å².